The van der Waals surface area contributed by atoms with E-state index in [-0.39, 0.29) is 0 Å². The van der Waals surface area contributed by atoms with Crippen LogP contribution in [-0.4, -0.2) is 34.7 Å². The first kappa shape index (κ1) is 10.5. The second-order valence-corrected chi connectivity index (χ2v) is 5.94. The lowest BCUT2D eigenvalue weighted by molar-refractivity contribution is 0.231. The fourth-order valence-corrected chi connectivity index (χ4v) is 2.96. The quantitative estimate of drug-likeness (QED) is 0.848. The first-order valence-corrected chi connectivity index (χ1v) is 6.66. The maximum Gasteiger partial charge on any atom is 0.183 e. The molecule has 2 rings (SSSR count). The first-order valence-electron chi connectivity index (χ1n) is 5.05. The largest absolute Gasteiger partial charge is 0.303 e. The summed E-state index contributed by atoms with van der Waals surface area (Å²) in [7, 11) is 0. The second-order valence-electron chi connectivity index (χ2n) is 3.60. The maximum absolute atomic E-state index is 4.10. The summed E-state index contributed by atoms with van der Waals surface area (Å²) >= 11 is 4.97. The lowest BCUT2D eigenvalue weighted by atomic mass is 10.1. The molecule has 0 saturated carbocycles. The van der Waals surface area contributed by atoms with Gasteiger partial charge in [-0.2, -0.15) is 0 Å². The zero-order chi connectivity index (χ0) is 9.80. The van der Waals surface area contributed by atoms with E-state index >= 15 is 0 Å². The Labute approximate surface area is 96.7 Å². The van der Waals surface area contributed by atoms with E-state index in [1.165, 1.54) is 32.4 Å². The van der Waals surface area contributed by atoms with Crippen molar-refractivity contribution in [2.45, 2.75) is 25.7 Å². The molecule has 0 bridgehead atoms. The number of hydrogen-bond acceptors (Lipinski definition) is 4. The van der Waals surface area contributed by atoms with Crippen LogP contribution in [0.15, 0.2) is 3.92 Å². The number of hydrogen-bond donors (Lipinski definition) is 0. The third kappa shape index (κ3) is 3.00. The number of likely N-dealkylation sites (tertiary alicyclic amines) is 1. The van der Waals surface area contributed by atoms with E-state index < -0.39 is 0 Å². The highest BCUT2D eigenvalue weighted by molar-refractivity contribution is 9.11. The fraction of sp³-hybridized carbons (Fsp3) is 0.778. The van der Waals surface area contributed by atoms with Gasteiger partial charge in [0.15, 0.2) is 3.92 Å². The highest BCUT2D eigenvalue weighted by Crippen LogP contribution is 2.17. The van der Waals surface area contributed by atoms with Gasteiger partial charge >= 0.3 is 0 Å². The summed E-state index contributed by atoms with van der Waals surface area (Å²) in [6.07, 6.45) is 5.17. The van der Waals surface area contributed by atoms with Crippen LogP contribution >= 0.6 is 27.3 Å². The van der Waals surface area contributed by atoms with Crippen LogP contribution in [0.1, 0.15) is 24.3 Å². The zero-order valence-corrected chi connectivity index (χ0v) is 10.5. The third-order valence-electron chi connectivity index (χ3n) is 2.53. The van der Waals surface area contributed by atoms with Crippen LogP contribution in [0.2, 0.25) is 0 Å². The summed E-state index contributed by atoms with van der Waals surface area (Å²) in [6, 6.07) is 0. The van der Waals surface area contributed by atoms with Crippen LogP contribution < -0.4 is 0 Å². The number of halogens is 1. The van der Waals surface area contributed by atoms with E-state index in [2.05, 4.69) is 31.0 Å². The molecular weight excluding hydrogens is 262 g/mol. The zero-order valence-electron chi connectivity index (χ0n) is 8.08. The van der Waals surface area contributed by atoms with E-state index in [1.807, 2.05) is 0 Å². The van der Waals surface area contributed by atoms with Gasteiger partial charge < -0.3 is 4.90 Å². The van der Waals surface area contributed by atoms with E-state index in [0.29, 0.717) is 0 Å². The third-order valence-corrected chi connectivity index (χ3v) is 3.95. The van der Waals surface area contributed by atoms with Gasteiger partial charge in [0.1, 0.15) is 5.01 Å². The van der Waals surface area contributed by atoms with Gasteiger partial charge in [0.05, 0.1) is 0 Å². The topological polar surface area (TPSA) is 29.0 Å². The molecule has 0 N–H and O–H groups in total. The van der Waals surface area contributed by atoms with Crippen molar-refractivity contribution in [1.82, 2.24) is 15.1 Å². The van der Waals surface area contributed by atoms with Crippen molar-refractivity contribution in [3.05, 3.63) is 8.92 Å². The molecule has 1 aromatic rings. The summed E-state index contributed by atoms with van der Waals surface area (Å²) in [5.74, 6) is 0. The Morgan fingerprint density at radius 2 is 2.00 bits per heavy atom. The minimum atomic E-state index is 0.895. The molecule has 2 heterocycles. The predicted octanol–water partition coefficient (Wildman–Crippen LogP) is 2.33. The average molecular weight is 276 g/mol. The van der Waals surface area contributed by atoms with Gasteiger partial charge in [-0.25, -0.2) is 0 Å². The van der Waals surface area contributed by atoms with E-state index in [0.717, 1.165) is 21.9 Å². The Hall–Kier alpha value is -0.0000000000000000555. The Kier molecular flexibility index (Phi) is 3.89. The standard InChI is InChI=1S/C9H14BrN3S/c10-9-12-11-8(14-9)4-7-13-5-2-1-3-6-13/h1-7H2. The summed E-state index contributed by atoms with van der Waals surface area (Å²) in [6.45, 7) is 3.67. The van der Waals surface area contributed by atoms with Crippen LogP contribution in [-0.2, 0) is 6.42 Å². The smallest absolute Gasteiger partial charge is 0.183 e. The van der Waals surface area contributed by atoms with Crippen molar-refractivity contribution in [3.8, 4) is 0 Å². The van der Waals surface area contributed by atoms with Gasteiger partial charge in [-0.15, -0.1) is 10.2 Å². The number of aromatic nitrogens is 2. The minimum absolute atomic E-state index is 0.895. The molecule has 14 heavy (non-hydrogen) atoms. The van der Waals surface area contributed by atoms with Gasteiger partial charge in [-0.3, -0.25) is 0 Å². The lowest BCUT2D eigenvalue weighted by Gasteiger charge is -2.25. The van der Waals surface area contributed by atoms with Crippen molar-refractivity contribution in [1.29, 1.82) is 0 Å². The Balaban J connectivity index is 1.76. The molecule has 1 aliphatic rings. The summed E-state index contributed by atoms with van der Waals surface area (Å²) < 4.78 is 0.895. The van der Waals surface area contributed by atoms with Crippen LogP contribution in [0.4, 0.5) is 0 Å². The molecule has 0 spiro atoms. The summed E-state index contributed by atoms with van der Waals surface area (Å²) in [4.78, 5) is 2.53. The van der Waals surface area contributed by atoms with Crippen LogP contribution in [0.3, 0.4) is 0 Å². The SMILES string of the molecule is Brc1nnc(CCN2CCCCC2)s1. The molecule has 0 aliphatic carbocycles. The normalized spacial score (nSPS) is 18.6. The summed E-state index contributed by atoms with van der Waals surface area (Å²) in [5, 5.41) is 9.18. The number of piperidine rings is 1. The maximum atomic E-state index is 4.10. The van der Waals surface area contributed by atoms with Crippen molar-refractivity contribution in [3.63, 3.8) is 0 Å². The van der Waals surface area contributed by atoms with Crippen LogP contribution in [0.25, 0.3) is 0 Å². The lowest BCUT2D eigenvalue weighted by Crippen LogP contribution is -2.31. The molecule has 0 aromatic carbocycles. The molecule has 0 unspecified atom stereocenters. The second kappa shape index (κ2) is 5.19. The van der Waals surface area contributed by atoms with E-state index in [9.17, 15) is 0 Å². The molecule has 1 aromatic heterocycles. The highest BCUT2D eigenvalue weighted by atomic mass is 79.9. The Morgan fingerprint density at radius 3 is 2.64 bits per heavy atom. The molecule has 5 heteroatoms. The fourth-order valence-electron chi connectivity index (χ4n) is 1.77. The van der Waals surface area contributed by atoms with Crippen molar-refractivity contribution >= 4 is 27.3 Å². The molecule has 1 saturated heterocycles. The van der Waals surface area contributed by atoms with E-state index in [4.69, 9.17) is 0 Å². The molecule has 78 valence electrons. The molecule has 0 atom stereocenters. The van der Waals surface area contributed by atoms with Gasteiger partial charge in [0.25, 0.3) is 0 Å². The van der Waals surface area contributed by atoms with E-state index in [1.54, 1.807) is 11.3 Å². The molecule has 0 radical (unpaired) electrons. The Morgan fingerprint density at radius 1 is 1.21 bits per heavy atom. The number of nitrogens with zero attached hydrogens (tertiary/aromatic N) is 3. The van der Waals surface area contributed by atoms with Crippen LogP contribution in [0.5, 0.6) is 0 Å². The monoisotopic (exact) mass is 275 g/mol. The minimum Gasteiger partial charge on any atom is -0.303 e. The Bertz CT molecular complexity index is 283. The first-order chi connectivity index (χ1) is 6.84. The van der Waals surface area contributed by atoms with Crippen molar-refractivity contribution in [2.24, 2.45) is 0 Å². The predicted molar refractivity (Wildman–Crippen MR) is 61.6 cm³/mol. The van der Waals surface area contributed by atoms with Crippen molar-refractivity contribution in [2.75, 3.05) is 19.6 Å². The molecule has 1 fully saturated rings. The van der Waals surface area contributed by atoms with Gasteiger partial charge in [0, 0.05) is 13.0 Å². The van der Waals surface area contributed by atoms with Crippen LogP contribution in [0, 0.1) is 0 Å². The number of rotatable bonds is 3. The summed E-state index contributed by atoms with van der Waals surface area (Å²) in [5.41, 5.74) is 0. The average Bonchev–Trinajstić information content (AvgIpc) is 2.63. The van der Waals surface area contributed by atoms with Gasteiger partial charge in [0.2, 0.25) is 0 Å². The molecule has 3 nitrogen and oxygen atoms in total. The molecular formula is C9H14BrN3S. The van der Waals surface area contributed by atoms with Gasteiger partial charge in [-0.05, 0) is 41.9 Å². The molecule has 1 aliphatic heterocycles. The van der Waals surface area contributed by atoms with Gasteiger partial charge in [-0.1, -0.05) is 17.8 Å². The molecule has 0 amide bonds. The highest BCUT2D eigenvalue weighted by Gasteiger charge is 2.10. The van der Waals surface area contributed by atoms with Crippen molar-refractivity contribution < 1.29 is 0 Å².